The van der Waals surface area contributed by atoms with Gasteiger partial charge in [0.2, 0.25) is 21.8 Å². The van der Waals surface area contributed by atoms with Crippen molar-refractivity contribution in [3.8, 4) is 0 Å². The molecule has 0 aromatic heterocycles. The molecule has 0 radical (unpaired) electrons. The van der Waals surface area contributed by atoms with Gasteiger partial charge in [-0.05, 0) is 67.1 Å². The minimum Gasteiger partial charge on any atom is -0.350 e. The number of benzene rings is 2. The Hall–Kier alpha value is -2.42. The van der Waals surface area contributed by atoms with Gasteiger partial charge in [-0.15, -0.1) is 0 Å². The fourth-order valence-electron chi connectivity index (χ4n) is 4.14. The van der Waals surface area contributed by atoms with E-state index in [1.165, 1.54) is 9.21 Å². The van der Waals surface area contributed by atoms with E-state index in [1.807, 2.05) is 12.1 Å². The van der Waals surface area contributed by atoms with Crippen LogP contribution in [0.15, 0.2) is 47.4 Å². The van der Waals surface area contributed by atoms with Crippen LogP contribution in [0.5, 0.6) is 0 Å². The summed E-state index contributed by atoms with van der Waals surface area (Å²) in [5.74, 6) is -0.421. The molecule has 1 N–H and O–H groups in total. The molecule has 2 aromatic rings. The Morgan fingerprint density at radius 3 is 2.44 bits per heavy atom. The number of hydrogen-bond acceptors (Lipinski definition) is 4. The largest absolute Gasteiger partial charge is 0.350 e. The van der Waals surface area contributed by atoms with Gasteiger partial charge in [-0.3, -0.25) is 9.59 Å². The summed E-state index contributed by atoms with van der Waals surface area (Å²) in [6, 6.07) is 12.0. The van der Waals surface area contributed by atoms with Gasteiger partial charge in [0.1, 0.15) is 6.54 Å². The van der Waals surface area contributed by atoms with Crippen molar-refractivity contribution in [3.63, 3.8) is 0 Å². The van der Waals surface area contributed by atoms with Gasteiger partial charge in [-0.1, -0.05) is 23.7 Å². The van der Waals surface area contributed by atoms with Gasteiger partial charge in [0.25, 0.3) is 0 Å². The molecule has 0 atom stereocenters. The molecular formula is C23H26ClN3O4S. The number of nitrogens with zero attached hydrogens (tertiary/aromatic N) is 2. The summed E-state index contributed by atoms with van der Waals surface area (Å²) in [6.07, 6.45) is 3.26. The number of fused-ring (bicyclic) bond motifs is 1. The quantitative estimate of drug-likeness (QED) is 0.695. The second kappa shape index (κ2) is 9.60. The lowest BCUT2D eigenvalue weighted by Crippen LogP contribution is -2.40. The van der Waals surface area contributed by atoms with E-state index in [2.05, 4.69) is 5.32 Å². The Morgan fingerprint density at radius 2 is 1.72 bits per heavy atom. The summed E-state index contributed by atoms with van der Waals surface area (Å²) in [4.78, 5) is 27.0. The first-order chi connectivity index (χ1) is 15.3. The summed E-state index contributed by atoms with van der Waals surface area (Å²) in [6.45, 7) is 1.30. The monoisotopic (exact) mass is 475 g/mol. The highest BCUT2D eigenvalue weighted by molar-refractivity contribution is 7.89. The third-order valence-electron chi connectivity index (χ3n) is 5.89. The van der Waals surface area contributed by atoms with Crippen molar-refractivity contribution in [1.29, 1.82) is 0 Å². The molecule has 2 aliphatic heterocycles. The number of aryl methyl sites for hydroxylation is 1. The van der Waals surface area contributed by atoms with Crippen LogP contribution >= 0.6 is 11.6 Å². The molecule has 0 spiro atoms. The van der Waals surface area contributed by atoms with Crippen molar-refractivity contribution in [3.05, 3.63) is 58.6 Å². The standard InChI is InChI=1S/C23H26ClN3O4S/c24-19-8-6-17(7-9-19)15-25-22(28)16-27-21-11-10-20(14-18(21)4-3-5-23(27)29)32(30,31)26-12-1-2-13-26/h6-11,14H,1-5,12-13,15-16H2,(H,25,28). The van der Waals surface area contributed by atoms with Crippen LogP contribution in [0.2, 0.25) is 5.02 Å². The molecule has 0 saturated carbocycles. The van der Waals surface area contributed by atoms with Crippen molar-refractivity contribution in [2.24, 2.45) is 0 Å². The predicted molar refractivity (Wildman–Crippen MR) is 123 cm³/mol. The average Bonchev–Trinajstić information content (AvgIpc) is 3.28. The fourth-order valence-corrected chi connectivity index (χ4v) is 5.83. The number of rotatable bonds is 6. The molecule has 4 rings (SSSR count). The van der Waals surface area contributed by atoms with Crippen molar-refractivity contribution in [1.82, 2.24) is 9.62 Å². The number of amides is 2. The lowest BCUT2D eigenvalue weighted by atomic mass is 10.1. The predicted octanol–water partition coefficient (Wildman–Crippen LogP) is 3.11. The van der Waals surface area contributed by atoms with E-state index in [9.17, 15) is 18.0 Å². The van der Waals surface area contributed by atoms with E-state index in [4.69, 9.17) is 11.6 Å². The topological polar surface area (TPSA) is 86.8 Å². The SMILES string of the molecule is O=C(CN1C(=O)CCCc2cc(S(=O)(=O)N3CCCC3)ccc21)NCc1ccc(Cl)cc1. The van der Waals surface area contributed by atoms with Crippen molar-refractivity contribution in [2.75, 3.05) is 24.5 Å². The first kappa shape index (κ1) is 22.8. The smallest absolute Gasteiger partial charge is 0.243 e. The normalized spacial score (nSPS) is 17.2. The Morgan fingerprint density at radius 1 is 1.00 bits per heavy atom. The number of hydrogen-bond donors (Lipinski definition) is 1. The van der Waals surface area contributed by atoms with Gasteiger partial charge in [-0.25, -0.2) is 8.42 Å². The van der Waals surface area contributed by atoms with Gasteiger partial charge in [0, 0.05) is 36.8 Å². The van der Waals surface area contributed by atoms with E-state index < -0.39 is 10.0 Å². The maximum Gasteiger partial charge on any atom is 0.243 e. The maximum absolute atomic E-state index is 12.9. The first-order valence-corrected chi connectivity index (χ1v) is 12.6. The van der Waals surface area contributed by atoms with E-state index >= 15 is 0 Å². The zero-order valence-electron chi connectivity index (χ0n) is 17.7. The minimum atomic E-state index is -3.54. The highest BCUT2D eigenvalue weighted by atomic mass is 35.5. The number of nitrogens with one attached hydrogen (secondary N) is 1. The fraction of sp³-hybridized carbons (Fsp3) is 0.391. The van der Waals surface area contributed by atoms with Crippen molar-refractivity contribution >= 4 is 39.1 Å². The van der Waals surface area contributed by atoms with Crippen molar-refractivity contribution in [2.45, 2.75) is 43.5 Å². The highest BCUT2D eigenvalue weighted by Crippen LogP contribution is 2.31. The lowest BCUT2D eigenvalue weighted by Gasteiger charge is -2.23. The van der Waals surface area contributed by atoms with Crippen molar-refractivity contribution < 1.29 is 18.0 Å². The van der Waals surface area contributed by atoms with Gasteiger partial charge < -0.3 is 10.2 Å². The number of carbonyl (C=O) groups is 2. The molecule has 32 heavy (non-hydrogen) atoms. The number of sulfonamides is 1. The van der Waals surface area contributed by atoms with Crippen LogP contribution in [-0.4, -0.2) is 44.2 Å². The zero-order valence-corrected chi connectivity index (χ0v) is 19.3. The molecule has 2 aromatic carbocycles. The molecule has 0 aliphatic carbocycles. The molecule has 2 aliphatic rings. The summed E-state index contributed by atoms with van der Waals surface area (Å²) < 4.78 is 27.4. The van der Waals surface area contributed by atoms with Crippen LogP contribution in [0.3, 0.4) is 0 Å². The second-order valence-electron chi connectivity index (χ2n) is 8.14. The van der Waals surface area contributed by atoms with Crippen LogP contribution in [0.1, 0.15) is 36.8 Å². The molecule has 170 valence electrons. The van der Waals surface area contributed by atoms with E-state index in [1.54, 1.807) is 30.3 Å². The molecule has 2 amide bonds. The van der Waals surface area contributed by atoms with Crippen LogP contribution in [-0.2, 0) is 32.6 Å². The Bertz CT molecular complexity index is 1110. The summed E-state index contributed by atoms with van der Waals surface area (Å²) >= 11 is 5.89. The average molecular weight is 476 g/mol. The first-order valence-electron chi connectivity index (χ1n) is 10.8. The summed E-state index contributed by atoms with van der Waals surface area (Å²) in [5, 5.41) is 3.45. The third-order valence-corrected chi connectivity index (χ3v) is 8.03. The van der Waals surface area contributed by atoms with Gasteiger partial charge in [0.15, 0.2) is 0 Å². The van der Waals surface area contributed by atoms with Crippen LogP contribution in [0.25, 0.3) is 0 Å². The Kier molecular flexibility index (Phi) is 6.83. The van der Waals surface area contributed by atoms with Crippen LogP contribution in [0, 0.1) is 0 Å². The molecule has 7 nitrogen and oxygen atoms in total. The Labute approximate surface area is 193 Å². The number of carbonyl (C=O) groups excluding carboxylic acids is 2. The molecule has 1 fully saturated rings. The molecule has 2 heterocycles. The lowest BCUT2D eigenvalue weighted by molar-refractivity contribution is -0.123. The molecule has 1 saturated heterocycles. The highest BCUT2D eigenvalue weighted by Gasteiger charge is 2.30. The van der Waals surface area contributed by atoms with Gasteiger partial charge in [0.05, 0.1) is 4.90 Å². The van der Waals surface area contributed by atoms with Crippen LogP contribution < -0.4 is 10.2 Å². The van der Waals surface area contributed by atoms with Gasteiger partial charge in [-0.2, -0.15) is 4.31 Å². The van der Waals surface area contributed by atoms with Crippen LogP contribution in [0.4, 0.5) is 5.69 Å². The number of anilines is 1. The zero-order chi connectivity index (χ0) is 22.7. The number of halogens is 1. The molecular weight excluding hydrogens is 450 g/mol. The minimum absolute atomic E-state index is 0.113. The molecule has 9 heteroatoms. The maximum atomic E-state index is 12.9. The van der Waals surface area contributed by atoms with E-state index in [0.717, 1.165) is 24.0 Å². The van der Waals surface area contributed by atoms with E-state index in [0.29, 0.717) is 49.6 Å². The van der Waals surface area contributed by atoms with Gasteiger partial charge >= 0.3 is 0 Å². The third kappa shape index (κ3) is 4.98. The summed E-state index contributed by atoms with van der Waals surface area (Å²) in [5.41, 5.74) is 2.29. The molecule has 0 unspecified atom stereocenters. The van der Waals surface area contributed by atoms with E-state index in [-0.39, 0.29) is 23.3 Å². The summed E-state index contributed by atoms with van der Waals surface area (Å²) in [7, 11) is -3.54. The Balaban J connectivity index is 1.51. The second-order valence-corrected chi connectivity index (χ2v) is 10.5. The molecule has 0 bridgehead atoms.